The maximum absolute atomic E-state index is 8.28. The Bertz CT molecular complexity index is 822. The number of hydrogen-bond donors (Lipinski definition) is 1. The number of nitrogens with two attached hydrogens (primary N) is 1. The van der Waals surface area contributed by atoms with E-state index >= 15 is 0 Å². The maximum atomic E-state index is 8.28. The highest BCUT2D eigenvalue weighted by atomic mass is 15.2. The van der Waals surface area contributed by atoms with Crippen LogP contribution in [0.25, 0.3) is 31.3 Å². The highest BCUT2D eigenvalue weighted by Crippen LogP contribution is 2.13. The van der Waals surface area contributed by atoms with E-state index in [0.29, 0.717) is 42.9 Å². The van der Waals surface area contributed by atoms with Crippen LogP contribution in [0.15, 0.2) is 15.3 Å². The topological polar surface area (TPSA) is 196 Å². The van der Waals surface area contributed by atoms with Crippen molar-refractivity contribution < 1.29 is 0 Å². The molecule has 218 valence electrons. The van der Waals surface area contributed by atoms with Crippen molar-refractivity contribution in [3.8, 4) is 30.3 Å². The third-order valence-electron chi connectivity index (χ3n) is 5.26. The zero-order valence-electron chi connectivity index (χ0n) is 25.6. The largest absolute Gasteiger partial charge is 0.330 e. The molecule has 0 bridgehead atoms. The smallest absolute Gasteiger partial charge is 0.0621 e. The van der Waals surface area contributed by atoms with Crippen molar-refractivity contribution in [3.05, 3.63) is 31.3 Å². The SMILES string of the molecule is C#CCCC(N=[N+]=[N-])C(C)C.CC#CCCC(N=[N+]=[N-])C(C)C.CC(C)C(CCC#N)N=[N+]=[N-].CC(C)CN. The van der Waals surface area contributed by atoms with Crippen molar-refractivity contribution in [1.82, 2.24) is 0 Å². The fourth-order valence-corrected chi connectivity index (χ4v) is 2.56. The predicted octanol–water partition coefficient (Wildman–Crippen LogP) is 9.09. The van der Waals surface area contributed by atoms with Crippen LogP contribution in [0.1, 0.15) is 101 Å². The summed E-state index contributed by atoms with van der Waals surface area (Å²) in [5.41, 5.74) is 29.8. The van der Waals surface area contributed by atoms with Gasteiger partial charge in [-0.15, -0.1) is 24.2 Å². The van der Waals surface area contributed by atoms with E-state index < -0.39 is 0 Å². The molecule has 0 saturated heterocycles. The van der Waals surface area contributed by atoms with Crippen molar-refractivity contribution in [2.45, 2.75) is 119 Å². The fraction of sp³-hybridized carbons (Fsp3) is 0.821. The minimum Gasteiger partial charge on any atom is -0.330 e. The normalized spacial score (nSPS) is 11.4. The van der Waals surface area contributed by atoms with Gasteiger partial charge in [-0.05, 0) is 73.0 Å². The van der Waals surface area contributed by atoms with Crippen LogP contribution in [-0.4, -0.2) is 24.7 Å². The van der Waals surface area contributed by atoms with Gasteiger partial charge < -0.3 is 5.73 Å². The Morgan fingerprint density at radius 2 is 1.05 bits per heavy atom. The van der Waals surface area contributed by atoms with Crippen LogP contribution in [-0.2, 0) is 0 Å². The number of nitrogens with zero attached hydrogens (tertiary/aromatic N) is 10. The summed E-state index contributed by atoms with van der Waals surface area (Å²) in [7, 11) is 0. The van der Waals surface area contributed by atoms with Crippen LogP contribution >= 0.6 is 0 Å². The van der Waals surface area contributed by atoms with E-state index in [-0.39, 0.29) is 18.1 Å². The molecule has 2 N–H and O–H groups in total. The Hall–Kier alpha value is -3.50. The first-order valence-electron chi connectivity index (χ1n) is 13.5. The molecular formula is C28H51N11. The molecule has 3 atom stereocenters. The van der Waals surface area contributed by atoms with Gasteiger partial charge in [0.15, 0.2) is 0 Å². The second-order valence-electron chi connectivity index (χ2n) is 10.1. The molecule has 11 nitrogen and oxygen atoms in total. The summed E-state index contributed by atoms with van der Waals surface area (Å²) < 4.78 is 0. The van der Waals surface area contributed by atoms with Gasteiger partial charge in [0.05, 0.1) is 6.07 Å². The van der Waals surface area contributed by atoms with E-state index in [1.54, 1.807) is 0 Å². The molecule has 0 radical (unpaired) electrons. The lowest BCUT2D eigenvalue weighted by Gasteiger charge is -2.12. The summed E-state index contributed by atoms with van der Waals surface area (Å²) >= 11 is 0. The molecule has 0 aliphatic rings. The lowest BCUT2D eigenvalue weighted by atomic mass is 10.0. The van der Waals surface area contributed by atoms with Gasteiger partial charge in [0.2, 0.25) is 0 Å². The molecule has 0 aromatic rings. The number of terminal acetylenes is 1. The average molecular weight is 542 g/mol. The lowest BCUT2D eigenvalue weighted by Crippen LogP contribution is -2.11. The summed E-state index contributed by atoms with van der Waals surface area (Å²) in [6, 6.07) is 2.15. The molecule has 0 fully saturated rings. The molecule has 0 spiro atoms. The second kappa shape index (κ2) is 32.5. The molecule has 0 rings (SSSR count). The molecule has 0 aliphatic carbocycles. The molecular weight excluding hydrogens is 490 g/mol. The molecule has 39 heavy (non-hydrogen) atoms. The third kappa shape index (κ3) is 34.5. The van der Waals surface area contributed by atoms with E-state index in [2.05, 4.69) is 75.5 Å². The van der Waals surface area contributed by atoms with Gasteiger partial charge in [-0.1, -0.05) is 70.7 Å². The summed E-state index contributed by atoms with van der Waals surface area (Å²) in [5, 5.41) is 19.2. The van der Waals surface area contributed by atoms with Crippen molar-refractivity contribution in [2.24, 2.45) is 44.7 Å². The van der Waals surface area contributed by atoms with Crippen molar-refractivity contribution in [3.63, 3.8) is 0 Å². The van der Waals surface area contributed by atoms with Crippen LogP contribution in [0.3, 0.4) is 0 Å². The fourth-order valence-electron chi connectivity index (χ4n) is 2.56. The van der Waals surface area contributed by atoms with E-state index in [9.17, 15) is 0 Å². The van der Waals surface area contributed by atoms with Gasteiger partial charge in [0.25, 0.3) is 0 Å². The van der Waals surface area contributed by atoms with Gasteiger partial charge in [-0.25, -0.2) is 0 Å². The Balaban J connectivity index is -0.000000217. The van der Waals surface area contributed by atoms with E-state index in [1.807, 2.05) is 40.7 Å². The molecule has 0 aromatic heterocycles. The average Bonchev–Trinajstić information content (AvgIpc) is 2.89. The molecule has 11 heteroatoms. The minimum atomic E-state index is -0.0281. The Morgan fingerprint density at radius 1 is 0.718 bits per heavy atom. The number of azide groups is 3. The minimum absolute atomic E-state index is 0.0281. The highest BCUT2D eigenvalue weighted by Gasteiger charge is 2.10. The van der Waals surface area contributed by atoms with Gasteiger partial charge in [0, 0.05) is 52.1 Å². The summed E-state index contributed by atoms with van der Waals surface area (Å²) in [5.74, 6) is 10.1. The van der Waals surface area contributed by atoms with Gasteiger partial charge in [-0.2, -0.15) is 5.26 Å². The molecule has 0 aromatic carbocycles. The number of rotatable bonds is 13. The molecule has 0 aliphatic heterocycles. The van der Waals surface area contributed by atoms with Gasteiger partial charge in [0.1, 0.15) is 0 Å². The van der Waals surface area contributed by atoms with E-state index in [1.165, 1.54) is 0 Å². The van der Waals surface area contributed by atoms with Crippen LogP contribution in [0.2, 0.25) is 0 Å². The van der Waals surface area contributed by atoms with Crippen LogP contribution < -0.4 is 5.73 Å². The van der Waals surface area contributed by atoms with Crippen LogP contribution in [0, 0.1) is 59.2 Å². The van der Waals surface area contributed by atoms with Gasteiger partial charge >= 0.3 is 0 Å². The molecule has 0 saturated carbocycles. The Labute approximate surface area is 237 Å². The first-order valence-corrected chi connectivity index (χ1v) is 13.5. The molecule has 3 unspecified atom stereocenters. The van der Waals surface area contributed by atoms with Crippen molar-refractivity contribution >= 4 is 0 Å². The predicted molar refractivity (Wildman–Crippen MR) is 163 cm³/mol. The quantitative estimate of drug-likeness (QED) is 0.105. The zero-order chi connectivity index (χ0) is 31.1. The standard InChI is InChI=1S/C9H15N3.C8H13N3.C7H12N4.C4H11N/c1-4-5-6-7-9(8(2)3)11-12-10;1-4-5-6-8(7(2)3)10-11-9;1-6(2)7(10-11-9)4-3-5-8;1-4(2)3-5/h8-9H,6-7H2,1-3H3;1,7-8H,5-6H2,2-3H3;6-7H,3-4H2,1-2H3;4H,3,5H2,1-2H3. The third-order valence-corrected chi connectivity index (χ3v) is 5.26. The second-order valence-corrected chi connectivity index (χ2v) is 10.1. The molecule has 0 amide bonds. The maximum Gasteiger partial charge on any atom is 0.0621 e. The summed E-state index contributed by atoms with van der Waals surface area (Å²) in [6.07, 6.45) is 9.37. The first-order chi connectivity index (χ1) is 18.4. The monoisotopic (exact) mass is 541 g/mol. The summed E-state index contributed by atoms with van der Waals surface area (Å²) in [6.45, 7) is 18.9. The zero-order valence-corrected chi connectivity index (χ0v) is 25.6. The summed E-state index contributed by atoms with van der Waals surface area (Å²) in [4.78, 5) is 8.31. The van der Waals surface area contributed by atoms with Crippen molar-refractivity contribution in [1.29, 1.82) is 5.26 Å². The van der Waals surface area contributed by atoms with Crippen LogP contribution in [0.5, 0.6) is 0 Å². The number of hydrogen-bond acceptors (Lipinski definition) is 5. The number of nitriles is 1. The highest BCUT2D eigenvalue weighted by molar-refractivity contribution is 4.95. The lowest BCUT2D eigenvalue weighted by molar-refractivity contribution is 0.467. The van der Waals surface area contributed by atoms with Crippen LogP contribution in [0.4, 0.5) is 0 Å². The van der Waals surface area contributed by atoms with E-state index in [4.69, 9.17) is 34.0 Å². The Kier molecular flexibility index (Phi) is 35.5. The van der Waals surface area contributed by atoms with Gasteiger partial charge in [-0.3, -0.25) is 0 Å². The van der Waals surface area contributed by atoms with E-state index in [0.717, 1.165) is 25.8 Å². The Morgan fingerprint density at radius 3 is 1.28 bits per heavy atom. The molecule has 0 heterocycles. The first kappa shape index (κ1) is 42.6. The van der Waals surface area contributed by atoms with Crippen molar-refractivity contribution in [2.75, 3.05) is 6.54 Å².